The minimum Gasteiger partial charge on any atom is -0.300 e. The molecule has 6 nitrogen and oxygen atoms in total. The van der Waals surface area contributed by atoms with Gasteiger partial charge >= 0.3 is 5.69 Å². The molecule has 0 fully saturated rings. The molecule has 0 aliphatic heterocycles. The summed E-state index contributed by atoms with van der Waals surface area (Å²) in [4.78, 5) is 24.0. The molecule has 2 aromatic rings. The third kappa shape index (κ3) is 2.93. The topological polar surface area (TPSA) is 78.1 Å². The van der Waals surface area contributed by atoms with Crippen LogP contribution in [-0.2, 0) is 16.1 Å². The molecule has 124 valence electrons. The smallest absolute Gasteiger partial charge is 0.300 e. The van der Waals surface area contributed by atoms with E-state index in [-0.39, 0.29) is 5.56 Å². The maximum Gasteiger partial charge on any atom is 0.335 e. The monoisotopic (exact) mass is 380 g/mol. The van der Waals surface area contributed by atoms with Gasteiger partial charge in [-0.15, -0.1) is 0 Å². The molecule has 0 unspecified atom stereocenters. The summed E-state index contributed by atoms with van der Waals surface area (Å²) in [6.07, 6.45) is 0. The SMILES string of the molecule is Cc1c(C)n(C)c(=O)n(-c2cc(S(=O)(=O)Cl)c(Cl)cc2F)c1=O. The fraction of sp³-hybridized carbons (Fsp3) is 0.231. The zero-order valence-electron chi connectivity index (χ0n) is 12.2. The fourth-order valence-corrected chi connectivity index (χ4v) is 3.54. The number of hydrogen-bond acceptors (Lipinski definition) is 4. The Bertz CT molecular complexity index is 1000. The van der Waals surface area contributed by atoms with Crippen LogP contribution in [0.1, 0.15) is 11.3 Å². The van der Waals surface area contributed by atoms with Crippen LogP contribution in [0.5, 0.6) is 0 Å². The Kier molecular flexibility index (Phi) is 4.44. The lowest BCUT2D eigenvalue weighted by Gasteiger charge is -2.13. The van der Waals surface area contributed by atoms with Gasteiger partial charge in [-0.25, -0.2) is 22.2 Å². The van der Waals surface area contributed by atoms with Gasteiger partial charge in [0.05, 0.1) is 10.7 Å². The average molecular weight is 381 g/mol. The van der Waals surface area contributed by atoms with Gasteiger partial charge in [-0.2, -0.15) is 0 Å². The van der Waals surface area contributed by atoms with Crippen molar-refractivity contribution in [3.63, 3.8) is 0 Å². The van der Waals surface area contributed by atoms with E-state index in [2.05, 4.69) is 0 Å². The molecule has 0 N–H and O–H groups in total. The van der Waals surface area contributed by atoms with E-state index in [0.717, 1.165) is 10.6 Å². The molecule has 0 bridgehead atoms. The number of rotatable bonds is 2. The van der Waals surface area contributed by atoms with Crippen LogP contribution in [0.2, 0.25) is 5.02 Å². The Labute approximate surface area is 140 Å². The van der Waals surface area contributed by atoms with Crippen LogP contribution in [-0.4, -0.2) is 17.6 Å². The highest BCUT2D eigenvalue weighted by molar-refractivity contribution is 8.13. The first-order valence-electron chi connectivity index (χ1n) is 6.20. The molecule has 0 atom stereocenters. The van der Waals surface area contributed by atoms with Crippen LogP contribution < -0.4 is 11.2 Å². The lowest BCUT2D eigenvalue weighted by Crippen LogP contribution is -2.40. The summed E-state index contributed by atoms with van der Waals surface area (Å²) in [6, 6.07) is 1.45. The largest absolute Gasteiger partial charge is 0.335 e. The Morgan fingerprint density at radius 2 is 1.74 bits per heavy atom. The lowest BCUT2D eigenvalue weighted by atomic mass is 10.2. The fourth-order valence-electron chi connectivity index (χ4n) is 2.04. The van der Waals surface area contributed by atoms with Gasteiger partial charge in [0.25, 0.3) is 14.6 Å². The molecular weight excluding hydrogens is 370 g/mol. The van der Waals surface area contributed by atoms with Gasteiger partial charge in [0.1, 0.15) is 10.7 Å². The molecule has 1 aromatic heterocycles. The van der Waals surface area contributed by atoms with E-state index < -0.39 is 41.7 Å². The van der Waals surface area contributed by atoms with Crippen molar-refractivity contribution in [2.24, 2.45) is 7.05 Å². The van der Waals surface area contributed by atoms with Crippen LogP contribution in [0.15, 0.2) is 26.6 Å². The Morgan fingerprint density at radius 1 is 1.17 bits per heavy atom. The van der Waals surface area contributed by atoms with E-state index in [1.165, 1.54) is 14.0 Å². The molecule has 0 spiro atoms. The Morgan fingerprint density at radius 3 is 2.26 bits per heavy atom. The molecule has 0 aliphatic carbocycles. The van der Waals surface area contributed by atoms with Gasteiger partial charge in [-0.1, -0.05) is 11.6 Å². The summed E-state index contributed by atoms with van der Waals surface area (Å²) in [5.41, 5.74) is -1.49. The van der Waals surface area contributed by atoms with E-state index in [9.17, 15) is 22.4 Å². The summed E-state index contributed by atoms with van der Waals surface area (Å²) in [7, 11) is 2.36. The van der Waals surface area contributed by atoms with Crippen molar-refractivity contribution in [3.8, 4) is 5.69 Å². The first-order chi connectivity index (χ1) is 10.5. The van der Waals surface area contributed by atoms with Gasteiger partial charge in [0, 0.05) is 29.0 Å². The molecule has 0 saturated carbocycles. The molecule has 23 heavy (non-hydrogen) atoms. The van der Waals surface area contributed by atoms with Gasteiger partial charge in [0.2, 0.25) is 0 Å². The zero-order chi connectivity index (χ0) is 17.7. The van der Waals surface area contributed by atoms with Crippen LogP contribution in [0.3, 0.4) is 0 Å². The van der Waals surface area contributed by atoms with Crippen molar-refractivity contribution in [3.05, 3.63) is 55.1 Å². The third-order valence-electron chi connectivity index (χ3n) is 3.55. The number of benzene rings is 1. The second-order valence-electron chi connectivity index (χ2n) is 4.86. The zero-order valence-corrected chi connectivity index (χ0v) is 14.6. The van der Waals surface area contributed by atoms with Crippen LogP contribution in [0.4, 0.5) is 4.39 Å². The molecule has 0 saturated heterocycles. The van der Waals surface area contributed by atoms with Crippen molar-refractivity contribution < 1.29 is 12.8 Å². The van der Waals surface area contributed by atoms with E-state index in [1.54, 1.807) is 6.92 Å². The van der Waals surface area contributed by atoms with E-state index in [0.29, 0.717) is 16.3 Å². The second kappa shape index (κ2) is 5.77. The van der Waals surface area contributed by atoms with E-state index in [1.807, 2.05) is 0 Å². The van der Waals surface area contributed by atoms with E-state index >= 15 is 0 Å². The summed E-state index contributed by atoms with van der Waals surface area (Å²) < 4.78 is 38.9. The summed E-state index contributed by atoms with van der Waals surface area (Å²) >= 11 is 5.67. The quantitative estimate of drug-likeness (QED) is 0.745. The van der Waals surface area contributed by atoms with Crippen molar-refractivity contribution in [2.45, 2.75) is 18.7 Å². The summed E-state index contributed by atoms with van der Waals surface area (Å²) in [6.45, 7) is 3.04. The predicted octanol–water partition coefficient (Wildman–Crippen LogP) is 1.87. The van der Waals surface area contributed by atoms with Gasteiger partial charge in [0.15, 0.2) is 0 Å². The average Bonchev–Trinajstić information content (AvgIpc) is 2.44. The van der Waals surface area contributed by atoms with Gasteiger partial charge in [-0.05, 0) is 26.0 Å². The highest BCUT2D eigenvalue weighted by atomic mass is 35.7. The van der Waals surface area contributed by atoms with Crippen LogP contribution in [0, 0.1) is 19.7 Å². The normalized spacial score (nSPS) is 11.7. The van der Waals surface area contributed by atoms with Crippen molar-refractivity contribution in [2.75, 3.05) is 0 Å². The third-order valence-corrected chi connectivity index (χ3v) is 5.34. The van der Waals surface area contributed by atoms with Crippen molar-refractivity contribution >= 4 is 31.3 Å². The first kappa shape index (κ1) is 17.7. The molecule has 10 heteroatoms. The summed E-state index contributed by atoms with van der Waals surface area (Å²) in [5, 5.41) is -0.449. The minimum atomic E-state index is -4.29. The lowest BCUT2D eigenvalue weighted by molar-refractivity contribution is 0.597. The summed E-state index contributed by atoms with van der Waals surface area (Å²) in [5.74, 6) is -1.03. The highest BCUT2D eigenvalue weighted by Gasteiger charge is 2.22. The minimum absolute atomic E-state index is 0.219. The molecule has 2 rings (SSSR count). The number of halogens is 3. The first-order valence-corrected chi connectivity index (χ1v) is 8.89. The second-order valence-corrected chi connectivity index (χ2v) is 7.81. The molecular formula is C13H11Cl2FN2O4S. The van der Waals surface area contributed by atoms with Crippen LogP contribution >= 0.6 is 22.3 Å². The number of nitrogens with zero attached hydrogens (tertiary/aromatic N) is 2. The maximum absolute atomic E-state index is 14.2. The van der Waals surface area contributed by atoms with Gasteiger partial charge < -0.3 is 4.57 Å². The molecule has 0 aliphatic rings. The Balaban J connectivity index is 3.01. The maximum atomic E-state index is 14.2. The highest BCUT2D eigenvalue weighted by Crippen LogP contribution is 2.28. The van der Waals surface area contributed by atoms with Crippen molar-refractivity contribution in [1.82, 2.24) is 9.13 Å². The molecule has 1 aromatic carbocycles. The number of aromatic nitrogens is 2. The Hall–Kier alpha value is -1.64. The van der Waals surface area contributed by atoms with E-state index in [4.69, 9.17) is 22.3 Å². The standard InChI is InChI=1S/C13H11Cl2FN2O4S/c1-6-7(2)17(3)13(20)18(12(6)19)10-5-11(23(15,21)22)8(14)4-9(10)16/h4-5H,1-3H3. The van der Waals surface area contributed by atoms with Gasteiger partial charge in [-0.3, -0.25) is 4.79 Å². The van der Waals surface area contributed by atoms with Crippen LogP contribution in [0.25, 0.3) is 5.69 Å². The number of hydrogen-bond donors (Lipinski definition) is 0. The molecule has 1 heterocycles. The molecule has 0 radical (unpaired) electrons. The van der Waals surface area contributed by atoms with Crippen molar-refractivity contribution in [1.29, 1.82) is 0 Å². The predicted molar refractivity (Wildman–Crippen MR) is 84.8 cm³/mol. The molecule has 0 amide bonds.